The van der Waals surface area contributed by atoms with E-state index in [0.29, 0.717) is 11.8 Å². The lowest BCUT2D eigenvalue weighted by molar-refractivity contribution is 0.500. The molecular formula is C15H13ClN2O2. The molecule has 4 nitrogen and oxygen atoms in total. The Balaban J connectivity index is 1.91. The van der Waals surface area contributed by atoms with Gasteiger partial charge in [0.25, 0.3) is 5.89 Å². The van der Waals surface area contributed by atoms with E-state index in [1.807, 2.05) is 43.3 Å². The van der Waals surface area contributed by atoms with E-state index < -0.39 is 5.38 Å². The Morgan fingerprint density at radius 1 is 1.15 bits per heavy atom. The second-order valence-corrected chi connectivity index (χ2v) is 4.77. The van der Waals surface area contributed by atoms with Crippen LogP contribution in [0.5, 0.6) is 0 Å². The van der Waals surface area contributed by atoms with Crippen molar-refractivity contribution >= 4 is 11.6 Å². The van der Waals surface area contributed by atoms with Crippen molar-refractivity contribution in [2.45, 2.75) is 18.7 Å². The van der Waals surface area contributed by atoms with Crippen molar-refractivity contribution in [2.24, 2.45) is 0 Å². The summed E-state index contributed by atoms with van der Waals surface area (Å²) in [6.07, 6.45) is 2.39. The number of rotatable bonds is 4. The highest BCUT2D eigenvalue weighted by Crippen LogP contribution is 2.31. The van der Waals surface area contributed by atoms with Crippen LogP contribution in [-0.4, -0.2) is 10.2 Å². The molecule has 0 aliphatic heterocycles. The molecule has 0 bridgehead atoms. The lowest BCUT2D eigenvalue weighted by atomic mass is 10.1. The molecule has 20 heavy (non-hydrogen) atoms. The molecule has 0 N–H and O–H groups in total. The summed E-state index contributed by atoms with van der Waals surface area (Å²) in [4.78, 5) is 0. The number of aromatic nitrogens is 2. The second-order valence-electron chi connectivity index (χ2n) is 4.33. The predicted octanol–water partition coefficient (Wildman–Crippen LogP) is 4.22. The van der Waals surface area contributed by atoms with E-state index in [9.17, 15) is 0 Å². The summed E-state index contributed by atoms with van der Waals surface area (Å²) in [5.41, 5.74) is 1.75. The van der Waals surface area contributed by atoms with Crippen LogP contribution in [0.15, 0.2) is 51.5 Å². The SMILES string of the molecule is CCc1occc1-c1nnc(C(Cl)c2ccccc2)o1. The van der Waals surface area contributed by atoms with Gasteiger partial charge in [-0.3, -0.25) is 0 Å². The molecule has 102 valence electrons. The van der Waals surface area contributed by atoms with Crippen molar-refractivity contribution in [1.29, 1.82) is 0 Å². The number of hydrogen-bond acceptors (Lipinski definition) is 4. The minimum absolute atomic E-state index is 0.385. The Morgan fingerprint density at radius 2 is 1.95 bits per heavy atom. The van der Waals surface area contributed by atoms with Crippen molar-refractivity contribution in [3.63, 3.8) is 0 Å². The standard InChI is InChI=1S/C15H13ClN2O2/c1-2-12-11(8-9-19-12)14-17-18-15(20-14)13(16)10-6-4-3-5-7-10/h3-9,13H,2H2,1H3. The molecule has 1 unspecified atom stereocenters. The summed E-state index contributed by atoms with van der Waals surface area (Å²) < 4.78 is 11.0. The Bertz CT molecular complexity index is 691. The largest absolute Gasteiger partial charge is 0.469 e. The first-order valence-corrected chi connectivity index (χ1v) is 6.82. The molecule has 5 heteroatoms. The first kappa shape index (κ1) is 12.9. The molecule has 0 amide bonds. The fourth-order valence-corrected chi connectivity index (χ4v) is 2.25. The smallest absolute Gasteiger partial charge is 0.251 e. The van der Waals surface area contributed by atoms with Crippen LogP contribution in [0, 0.1) is 0 Å². The summed E-state index contributed by atoms with van der Waals surface area (Å²) in [6.45, 7) is 2.01. The van der Waals surface area contributed by atoms with Crippen LogP contribution in [0.2, 0.25) is 0 Å². The average molecular weight is 289 g/mol. The van der Waals surface area contributed by atoms with Crippen LogP contribution in [0.3, 0.4) is 0 Å². The predicted molar refractivity (Wildman–Crippen MR) is 75.5 cm³/mol. The Labute approximate surface area is 121 Å². The molecule has 0 fully saturated rings. The van der Waals surface area contributed by atoms with Crippen LogP contribution in [-0.2, 0) is 6.42 Å². The molecule has 1 atom stereocenters. The first-order chi connectivity index (χ1) is 9.79. The summed E-state index contributed by atoms with van der Waals surface area (Å²) in [5.74, 6) is 1.65. The van der Waals surface area contributed by atoms with Gasteiger partial charge in [0.05, 0.1) is 11.8 Å². The highest BCUT2D eigenvalue weighted by Gasteiger charge is 2.20. The van der Waals surface area contributed by atoms with Gasteiger partial charge in [-0.15, -0.1) is 21.8 Å². The summed E-state index contributed by atoms with van der Waals surface area (Å²) >= 11 is 6.36. The van der Waals surface area contributed by atoms with Crippen molar-refractivity contribution in [3.05, 3.63) is 59.9 Å². The maximum atomic E-state index is 6.36. The van der Waals surface area contributed by atoms with Crippen LogP contribution < -0.4 is 0 Å². The molecule has 0 saturated carbocycles. The third kappa shape index (κ3) is 2.34. The molecule has 2 aromatic heterocycles. The third-order valence-electron chi connectivity index (χ3n) is 3.05. The van der Waals surface area contributed by atoms with Gasteiger partial charge >= 0.3 is 0 Å². The molecule has 3 aromatic rings. The molecule has 0 radical (unpaired) electrons. The van der Waals surface area contributed by atoms with Crippen LogP contribution in [0.25, 0.3) is 11.5 Å². The van der Waals surface area contributed by atoms with Gasteiger partial charge in [0, 0.05) is 6.42 Å². The van der Waals surface area contributed by atoms with Crippen molar-refractivity contribution < 1.29 is 8.83 Å². The maximum Gasteiger partial charge on any atom is 0.251 e. The van der Waals surface area contributed by atoms with Crippen LogP contribution >= 0.6 is 11.6 Å². The highest BCUT2D eigenvalue weighted by molar-refractivity contribution is 6.22. The molecule has 3 rings (SSSR count). The van der Waals surface area contributed by atoms with E-state index in [0.717, 1.165) is 23.3 Å². The molecule has 0 aliphatic rings. The van der Waals surface area contributed by atoms with Gasteiger partial charge in [-0.1, -0.05) is 37.3 Å². The van der Waals surface area contributed by atoms with Gasteiger partial charge in [0.15, 0.2) is 0 Å². The monoisotopic (exact) mass is 288 g/mol. The van der Waals surface area contributed by atoms with Gasteiger partial charge < -0.3 is 8.83 Å². The van der Waals surface area contributed by atoms with E-state index >= 15 is 0 Å². The van der Waals surface area contributed by atoms with Crippen LogP contribution in [0.4, 0.5) is 0 Å². The second kappa shape index (κ2) is 5.51. The Morgan fingerprint density at radius 3 is 2.70 bits per heavy atom. The highest BCUT2D eigenvalue weighted by atomic mass is 35.5. The van der Waals surface area contributed by atoms with E-state index in [4.69, 9.17) is 20.4 Å². The zero-order valence-electron chi connectivity index (χ0n) is 10.9. The van der Waals surface area contributed by atoms with Gasteiger partial charge in [0.1, 0.15) is 11.1 Å². The summed E-state index contributed by atoms with van der Waals surface area (Å²) in [6, 6.07) is 11.5. The number of aryl methyl sites for hydroxylation is 1. The fourth-order valence-electron chi connectivity index (χ4n) is 2.02. The molecule has 0 spiro atoms. The van der Waals surface area contributed by atoms with Crippen molar-refractivity contribution in [3.8, 4) is 11.5 Å². The number of hydrogen-bond donors (Lipinski definition) is 0. The zero-order chi connectivity index (χ0) is 13.9. The van der Waals surface area contributed by atoms with Gasteiger partial charge in [-0.05, 0) is 11.6 Å². The Hall–Kier alpha value is -2.07. The maximum absolute atomic E-state index is 6.36. The van der Waals surface area contributed by atoms with Gasteiger partial charge in [0.2, 0.25) is 5.89 Å². The number of furan rings is 1. The minimum atomic E-state index is -0.450. The summed E-state index contributed by atoms with van der Waals surface area (Å²) in [5, 5.41) is 7.64. The fraction of sp³-hybridized carbons (Fsp3) is 0.200. The van der Waals surface area contributed by atoms with Crippen molar-refractivity contribution in [1.82, 2.24) is 10.2 Å². The molecule has 0 aliphatic carbocycles. The first-order valence-electron chi connectivity index (χ1n) is 6.38. The van der Waals surface area contributed by atoms with Gasteiger partial charge in [-0.2, -0.15) is 0 Å². The lowest BCUT2D eigenvalue weighted by Gasteiger charge is -2.03. The van der Waals surface area contributed by atoms with Crippen molar-refractivity contribution in [2.75, 3.05) is 0 Å². The molecule has 0 saturated heterocycles. The number of alkyl halides is 1. The van der Waals surface area contributed by atoms with E-state index in [-0.39, 0.29) is 0 Å². The zero-order valence-corrected chi connectivity index (χ0v) is 11.7. The number of halogens is 1. The van der Waals surface area contributed by atoms with E-state index in [1.165, 1.54) is 0 Å². The quantitative estimate of drug-likeness (QED) is 0.675. The number of benzene rings is 1. The topological polar surface area (TPSA) is 52.1 Å². The van der Waals surface area contributed by atoms with Crippen LogP contribution in [0.1, 0.15) is 29.5 Å². The van der Waals surface area contributed by atoms with E-state index in [2.05, 4.69) is 10.2 Å². The lowest BCUT2D eigenvalue weighted by Crippen LogP contribution is -1.92. The summed E-state index contributed by atoms with van der Waals surface area (Å²) in [7, 11) is 0. The molecule has 1 aromatic carbocycles. The van der Waals surface area contributed by atoms with E-state index in [1.54, 1.807) is 6.26 Å². The molecular weight excluding hydrogens is 276 g/mol. The average Bonchev–Trinajstić information content (AvgIpc) is 3.15. The minimum Gasteiger partial charge on any atom is -0.469 e. The number of nitrogens with zero attached hydrogens (tertiary/aromatic N) is 2. The molecule has 2 heterocycles. The normalized spacial score (nSPS) is 12.5. The van der Waals surface area contributed by atoms with Gasteiger partial charge in [-0.25, -0.2) is 0 Å². The Kier molecular flexibility index (Phi) is 3.56. The third-order valence-corrected chi connectivity index (χ3v) is 3.49.